The van der Waals surface area contributed by atoms with E-state index in [1.807, 2.05) is 30.3 Å². The van der Waals surface area contributed by atoms with Crippen molar-refractivity contribution in [2.24, 2.45) is 0 Å². The third-order valence-corrected chi connectivity index (χ3v) is 5.55. The lowest BCUT2D eigenvalue weighted by atomic mass is 10.0. The molecule has 1 aromatic carbocycles. The second-order valence-corrected chi connectivity index (χ2v) is 8.19. The summed E-state index contributed by atoms with van der Waals surface area (Å²) < 4.78 is 10.5. The molecule has 0 amide bonds. The predicted octanol–water partition coefficient (Wildman–Crippen LogP) is 7.26. The van der Waals surface area contributed by atoms with Gasteiger partial charge in [0, 0.05) is 6.42 Å². The molecule has 0 spiro atoms. The van der Waals surface area contributed by atoms with Crippen molar-refractivity contribution in [3.05, 3.63) is 35.9 Å². The number of methoxy groups -OCH3 is 1. The van der Waals surface area contributed by atoms with E-state index in [1.54, 1.807) is 0 Å². The molecule has 4 nitrogen and oxygen atoms in total. The van der Waals surface area contributed by atoms with Crippen molar-refractivity contribution in [3.63, 3.8) is 0 Å². The Morgan fingerprint density at radius 3 is 1.87 bits per heavy atom. The Balaban J connectivity index is 2.19. The summed E-state index contributed by atoms with van der Waals surface area (Å²) in [5.74, 6) is -0.296. The van der Waals surface area contributed by atoms with Gasteiger partial charge in [-0.25, -0.2) is 4.79 Å². The summed E-state index contributed by atoms with van der Waals surface area (Å²) in [7, 11) is 1.45. The van der Waals surface area contributed by atoms with E-state index in [4.69, 9.17) is 4.74 Å². The van der Waals surface area contributed by atoms with Crippen LogP contribution in [0, 0.1) is 0 Å². The highest BCUT2D eigenvalue weighted by Crippen LogP contribution is 2.18. The fourth-order valence-electron chi connectivity index (χ4n) is 3.66. The molecule has 0 fully saturated rings. The maximum Gasteiger partial charge on any atom is 0.338 e. The molecule has 0 unspecified atom stereocenters. The average molecular weight is 419 g/mol. The molecule has 0 aliphatic rings. The second-order valence-electron chi connectivity index (χ2n) is 8.19. The van der Waals surface area contributed by atoms with E-state index in [2.05, 4.69) is 11.7 Å². The molecule has 30 heavy (non-hydrogen) atoms. The lowest BCUT2D eigenvalue weighted by Crippen LogP contribution is -2.18. The summed E-state index contributed by atoms with van der Waals surface area (Å²) in [5.41, 5.74) is 0.642. The molecule has 4 heteroatoms. The number of ether oxygens (including phenoxy) is 2. The lowest BCUT2D eigenvalue weighted by Gasteiger charge is -2.18. The normalized spacial score (nSPS) is 11.8. The molecule has 0 saturated carbocycles. The van der Waals surface area contributed by atoms with Gasteiger partial charge in [0.15, 0.2) is 0 Å². The number of rotatable bonds is 18. The van der Waals surface area contributed by atoms with Crippen LogP contribution in [0.4, 0.5) is 0 Å². The van der Waals surface area contributed by atoms with E-state index in [0.29, 0.717) is 12.0 Å². The van der Waals surface area contributed by atoms with E-state index in [-0.39, 0.29) is 18.0 Å². The number of carbonyl (C=O) groups is 2. The van der Waals surface area contributed by atoms with Gasteiger partial charge in [0.25, 0.3) is 0 Å². The first kappa shape index (κ1) is 26.2. The van der Waals surface area contributed by atoms with E-state index < -0.39 is 0 Å². The van der Waals surface area contributed by atoms with Gasteiger partial charge in [0.2, 0.25) is 0 Å². The molecule has 0 saturated heterocycles. The number of unbranched alkanes of at least 4 members (excludes halogenated alkanes) is 10. The van der Waals surface area contributed by atoms with Crippen molar-refractivity contribution < 1.29 is 19.1 Å². The van der Waals surface area contributed by atoms with E-state index >= 15 is 0 Å². The smallest absolute Gasteiger partial charge is 0.338 e. The number of carbonyl (C=O) groups excluding carboxylic acids is 2. The van der Waals surface area contributed by atoms with Crippen molar-refractivity contribution in [2.75, 3.05) is 7.11 Å². The molecular formula is C26H42O4. The number of hydrogen-bond acceptors (Lipinski definition) is 4. The van der Waals surface area contributed by atoms with Crippen molar-refractivity contribution in [1.82, 2.24) is 0 Å². The minimum atomic E-state index is -0.192. The van der Waals surface area contributed by atoms with Gasteiger partial charge in [0.1, 0.15) is 6.10 Å². The van der Waals surface area contributed by atoms with Gasteiger partial charge in [-0.2, -0.15) is 0 Å². The molecule has 0 heterocycles. The molecular weight excluding hydrogens is 376 g/mol. The van der Waals surface area contributed by atoms with Gasteiger partial charge in [-0.15, -0.1) is 0 Å². The van der Waals surface area contributed by atoms with Gasteiger partial charge in [0.05, 0.1) is 12.7 Å². The Labute approximate surface area is 183 Å². The van der Waals surface area contributed by atoms with Gasteiger partial charge in [-0.3, -0.25) is 4.79 Å². The molecule has 1 aromatic rings. The van der Waals surface area contributed by atoms with Crippen molar-refractivity contribution in [2.45, 2.75) is 109 Å². The van der Waals surface area contributed by atoms with Crippen molar-refractivity contribution in [1.29, 1.82) is 0 Å². The zero-order valence-corrected chi connectivity index (χ0v) is 19.2. The second kappa shape index (κ2) is 18.0. The molecule has 1 rings (SSSR count). The van der Waals surface area contributed by atoms with Gasteiger partial charge in [-0.1, -0.05) is 82.9 Å². The summed E-state index contributed by atoms with van der Waals surface area (Å²) in [6, 6.07) is 9.31. The number of benzene rings is 1. The van der Waals surface area contributed by atoms with Crippen LogP contribution in [-0.2, 0) is 14.3 Å². The Bertz CT molecular complexity index is 555. The van der Waals surface area contributed by atoms with Gasteiger partial charge in [-0.05, 0) is 44.2 Å². The summed E-state index contributed by atoms with van der Waals surface area (Å²) in [6.45, 7) is 2.21. The van der Waals surface area contributed by atoms with Crippen LogP contribution in [0.2, 0.25) is 0 Å². The Kier molecular flexibility index (Phi) is 15.7. The Morgan fingerprint density at radius 2 is 1.30 bits per heavy atom. The van der Waals surface area contributed by atoms with E-state index in [9.17, 15) is 9.59 Å². The van der Waals surface area contributed by atoms with Crippen LogP contribution in [0.1, 0.15) is 114 Å². The zero-order chi connectivity index (χ0) is 21.9. The average Bonchev–Trinajstić information content (AvgIpc) is 2.77. The van der Waals surface area contributed by atoms with Crippen LogP contribution < -0.4 is 0 Å². The SMILES string of the molecule is CCCCCC[C@@H](CCCCCCCCCCC(=O)OC)OC(=O)c1ccccc1. The number of hydrogen-bond donors (Lipinski definition) is 0. The molecule has 0 bridgehead atoms. The molecule has 0 aliphatic carbocycles. The highest BCUT2D eigenvalue weighted by Gasteiger charge is 2.15. The first-order valence-corrected chi connectivity index (χ1v) is 12.0. The van der Waals surface area contributed by atoms with E-state index in [0.717, 1.165) is 38.5 Å². The first-order valence-electron chi connectivity index (χ1n) is 12.0. The summed E-state index contributed by atoms with van der Waals surface area (Å²) in [4.78, 5) is 23.5. The summed E-state index contributed by atoms with van der Waals surface area (Å²) >= 11 is 0. The van der Waals surface area contributed by atoms with Crippen molar-refractivity contribution in [3.8, 4) is 0 Å². The molecule has 1 atom stereocenters. The standard InChI is InChI=1S/C26H42O4/c1-3-4-5-15-20-24(30-26(28)23-18-13-12-14-19-23)21-16-10-8-6-7-9-11-17-22-25(27)29-2/h12-14,18-19,24H,3-11,15-17,20-22H2,1-2H3/t24-/m0/s1. The third-order valence-electron chi connectivity index (χ3n) is 5.55. The van der Waals surface area contributed by atoms with Crippen LogP contribution in [-0.4, -0.2) is 25.2 Å². The van der Waals surface area contributed by atoms with Crippen LogP contribution in [0.25, 0.3) is 0 Å². The topological polar surface area (TPSA) is 52.6 Å². The largest absolute Gasteiger partial charge is 0.469 e. The molecule has 0 aliphatic heterocycles. The Hall–Kier alpha value is -1.84. The van der Waals surface area contributed by atoms with Gasteiger partial charge >= 0.3 is 11.9 Å². The summed E-state index contributed by atoms with van der Waals surface area (Å²) in [5, 5.41) is 0. The quantitative estimate of drug-likeness (QED) is 0.186. The highest BCUT2D eigenvalue weighted by atomic mass is 16.5. The van der Waals surface area contributed by atoms with Crippen LogP contribution in [0.5, 0.6) is 0 Å². The zero-order valence-electron chi connectivity index (χ0n) is 19.2. The van der Waals surface area contributed by atoms with Crippen LogP contribution in [0.3, 0.4) is 0 Å². The maximum absolute atomic E-state index is 12.4. The molecule has 170 valence electrons. The molecule has 0 radical (unpaired) electrons. The monoisotopic (exact) mass is 418 g/mol. The minimum Gasteiger partial charge on any atom is -0.469 e. The minimum absolute atomic E-state index is 0.0351. The summed E-state index contributed by atoms with van der Waals surface area (Å²) in [6.07, 6.45) is 16.5. The fraction of sp³-hybridized carbons (Fsp3) is 0.692. The molecule has 0 N–H and O–H groups in total. The molecule has 0 aromatic heterocycles. The highest BCUT2D eigenvalue weighted by molar-refractivity contribution is 5.89. The van der Waals surface area contributed by atoms with Gasteiger partial charge < -0.3 is 9.47 Å². The Morgan fingerprint density at radius 1 is 0.767 bits per heavy atom. The predicted molar refractivity (Wildman–Crippen MR) is 123 cm³/mol. The van der Waals surface area contributed by atoms with Crippen LogP contribution >= 0.6 is 0 Å². The fourth-order valence-corrected chi connectivity index (χ4v) is 3.66. The van der Waals surface area contributed by atoms with Crippen LogP contribution in [0.15, 0.2) is 30.3 Å². The third kappa shape index (κ3) is 13.4. The van der Waals surface area contributed by atoms with Crippen molar-refractivity contribution >= 4 is 11.9 Å². The first-order chi connectivity index (χ1) is 14.7. The maximum atomic E-state index is 12.4. The van der Waals surface area contributed by atoms with E-state index in [1.165, 1.54) is 58.5 Å². The number of esters is 2. The lowest BCUT2D eigenvalue weighted by molar-refractivity contribution is -0.140.